The lowest BCUT2D eigenvalue weighted by Crippen LogP contribution is -2.59. The third-order valence-electron chi connectivity index (χ3n) is 6.66. The number of aromatic nitrogens is 2. The van der Waals surface area contributed by atoms with Crippen molar-refractivity contribution >= 4 is 5.69 Å². The van der Waals surface area contributed by atoms with Gasteiger partial charge in [0.25, 0.3) is 0 Å². The number of methoxy groups -OCH3 is 2. The van der Waals surface area contributed by atoms with Crippen molar-refractivity contribution in [2.24, 2.45) is 11.8 Å². The molecule has 2 heterocycles. The van der Waals surface area contributed by atoms with Crippen molar-refractivity contribution in [1.29, 1.82) is 0 Å². The highest BCUT2D eigenvalue weighted by atomic mass is 16.8. The molecule has 6 rings (SSSR count). The average Bonchev–Trinajstić information content (AvgIpc) is 3.12. The molecule has 8 nitrogen and oxygen atoms in total. The van der Waals surface area contributed by atoms with Crippen molar-refractivity contribution in [3.05, 3.63) is 42.5 Å². The van der Waals surface area contributed by atoms with Gasteiger partial charge in [-0.3, -0.25) is 4.84 Å². The molecule has 3 saturated carbocycles. The quantitative estimate of drug-likeness (QED) is 0.825. The maximum Gasteiger partial charge on any atom is 0.166 e. The Kier molecular flexibility index (Phi) is 4.77. The summed E-state index contributed by atoms with van der Waals surface area (Å²) >= 11 is 0. The zero-order valence-corrected chi connectivity index (χ0v) is 16.9. The molecule has 1 atom stereocenters. The molecule has 4 aliphatic rings. The molecule has 4 fully saturated rings. The van der Waals surface area contributed by atoms with Gasteiger partial charge in [-0.25, -0.2) is 15.1 Å². The highest BCUT2D eigenvalue weighted by Crippen LogP contribution is 2.53. The van der Waals surface area contributed by atoms with E-state index in [0.29, 0.717) is 18.4 Å². The number of hydrogen-bond acceptors (Lipinski definition) is 8. The van der Waals surface area contributed by atoms with E-state index in [1.165, 1.54) is 32.0 Å². The van der Waals surface area contributed by atoms with E-state index in [1.54, 1.807) is 26.6 Å². The maximum atomic E-state index is 6.37. The Morgan fingerprint density at radius 1 is 1.14 bits per heavy atom. The molecule has 1 saturated heterocycles. The highest BCUT2D eigenvalue weighted by molar-refractivity contribution is 5.43. The molecule has 1 aliphatic heterocycles. The first-order chi connectivity index (χ1) is 14.2. The van der Waals surface area contributed by atoms with Crippen molar-refractivity contribution in [2.45, 2.75) is 44.4 Å². The Bertz CT molecular complexity index is 859. The second-order valence-corrected chi connectivity index (χ2v) is 8.10. The molecule has 1 aromatic heterocycles. The van der Waals surface area contributed by atoms with Crippen LogP contribution in [-0.2, 0) is 11.4 Å². The van der Waals surface area contributed by atoms with Crippen LogP contribution in [0.4, 0.5) is 5.69 Å². The van der Waals surface area contributed by atoms with Crippen LogP contribution in [-0.4, -0.2) is 34.9 Å². The first kappa shape index (κ1) is 18.6. The molecular formula is C21H27N5O3. The predicted octanol–water partition coefficient (Wildman–Crippen LogP) is 3.07. The molecule has 1 aromatic carbocycles. The molecule has 2 aromatic rings. The standard InChI is InChI=1S/C21H27N5O3/c1-27-19-8-5-16(20(9-19)28-2)13-25-21(10-15-3-6-17(21)7-4-15)29-24-26(25)18-11-22-14-23-12-18/h5,8-9,11-12,14-15,17,24H,3-4,6-7,10,13H2,1-2H3. The third-order valence-corrected chi connectivity index (χ3v) is 6.66. The molecule has 1 unspecified atom stereocenters. The van der Waals surface area contributed by atoms with Crippen LogP contribution in [0.5, 0.6) is 11.5 Å². The SMILES string of the molecule is COc1ccc(CN2N(c3cncnc3)NOC23CC2CCC3CC2)c(OC)c1. The molecule has 2 bridgehead atoms. The molecule has 154 valence electrons. The molecule has 1 N–H and O–H groups in total. The van der Waals surface area contributed by atoms with Gasteiger partial charge in [0.05, 0.1) is 33.2 Å². The monoisotopic (exact) mass is 397 g/mol. The van der Waals surface area contributed by atoms with E-state index in [2.05, 4.69) is 26.6 Å². The number of hydrogen-bond donors (Lipinski definition) is 1. The average molecular weight is 397 g/mol. The molecule has 3 aliphatic carbocycles. The summed E-state index contributed by atoms with van der Waals surface area (Å²) in [6, 6.07) is 5.96. The number of fused-ring (bicyclic) bond motifs is 2. The van der Waals surface area contributed by atoms with Gasteiger partial charge in [-0.1, -0.05) is 11.7 Å². The fraction of sp³-hybridized carbons (Fsp3) is 0.524. The normalized spacial score (nSPS) is 28.8. The molecule has 8 heteroatoms. The summed E-state index contributed by atoms with van der Waals surface area (Å²) in [5.74, 6) is 2.77. The van der Waals surface area contributed by atoms with Crippen LogP contribution in [0.2, 0.25) is 0 Å². The van der Waals surface area contributed by atoms with Gasteiger partial charge >= 0.3 is 0 Å². The topological polar surface area (TPSA) is 72.0 Å². The van der Waals surface area contributed by atoms with Gasteiger partial charge in [0.2, 0.25) is 0 Å². The minimum Gasteiger partial charge on any atom is -0.497 e. The van der Waals surface area contributed by atoms with E-state index in [0.717, 1.165) is 29.2 Å². The number of hydrazine groups is 2. The van der Waals surface area contributed by atoms with Gasteiger partial charge in [-0.15, -0.1) is 0 Å². The van der Waals surface area contributed by atoms with Crippen LogP contribution in [0.25, 0.3) is 0 Å². The minimum atomic E-state index is -0.373. The minimum absolute atomic E-state index is 0.373. The third kappa shape index (κ3) is 3.11. The smallest absolute Gasteiger partial charge is 0.166 e. The van der Waals surface area contributed by atoms with E-state index in [4.69, 9.17) is 14.3 Å². The lowest BCUT2D eigenvalue weighted by atomic mass is 9.65. The van der Waals surface area contributed by atoms with E-state index in [-0.39, 0.29) is 5.72 Å². The largest absolute Gasteiger partial charge is 0.497 e. The lowest BCUT2D eigenvalue weighted by molar-refractivity contribution is -0.201. The summed E-state index contributed by atoms with van der Waals surface area (Å²) in [4.78, 5) is 14.8. The van der Waals surface area contributed by atoms with Crippen LogP contribution in [0, 0.1) is 11.8 Å². The zero-order valence-electron chi connectivity index (χ0n) is 16.9. The second kappa shape index (κ2) is 7.44. The Labute approximate surface area is 170 Å². The zero-order chi connectivity index (χ0) is 19.8. The Morgan fingerprint density at radius 3 is 2.59 bits per heavy atom. The molecule has 1 spiro atoms. The summed E-state index contributed by atoms with van der Waals surface area (Å²) in [5.41, 5.74) is 4.71. The van der Waals surface area contributed by atoms with Gasteiger partial charge in [0.1, 0.15) is 23.5 Å². The molecule has 29 heavy (non-hydrogen) atoms. The summed E-state index contributed by atoms with van der Waals surface area (Å²) in [5, 5.41) is 4.25. The van der Waals surface area contributed by atoms with Gasteiger partial charge < -0.3 is 9.47 Å². The van der Waals surface area contributed by atoms with Crippen molar-refractivity contribution < 1.29 is 14.3 Å². The van der Waals surface area contributed by atoms with E-state index in [1.807, 2.05) is 17.3 Å². The Balaban J connectivity index is 1.53. The van der Waals surface area contributed by atoms with E-state index < -0.39 is 0 Å². The summed E-state index contributed by atoms with van der Waals surface area (Å²) in [6.45, 7) is 0.637. The summed E-state index contributed by atoms with van der Waals surface area (Å²) < 4.78 is 11.0. The second-order valence-electron chi connectivity index (χ2n) is 8.10. The number of benzene rings is 1. The number of nitrogens with zero attached hydrogens (tertiary/aromatic N) is 4. The fourth-order valence-electron chi connectivity index (χ4n) is 5.17. The maximum absolute atomic E-state index is 6.37. The van der Waals surface area contributed by atoms with E-state index >= 15 is 0 Å². The number of anilines is 1. The van der Waals surface area contributed by atoms with Crippen LogP contribution in [0.15, 0.2) is 36.9 Å². The molecular weight excluding hydrogens is 370 g/mol. The number of nitrogens with one attached hydrogen (secondary N) is 1. The van der Waals surface area contributed by atoms with Gasteiger partial charge in [0, 0.05) is 17.5 Å². The van der Waals surface area contributed by atoms with Crippen molar-refractivity contribution in [3.63, 3.8) is 0 Å². The fourth-order valence-corrected chi connectivity index (χ4v) is 5.17. The van der Waals surface area contributed by atoms with Crippen molar-refractivity contribution in [1.82, 2.24) is 20.6 Å². The van der Waals surface area contributed by atoms with Crippen LogP contribution in [0.1, 0.15) is 37.7 Å². The van der Waals surface area contributed by atoms with Gasteiger partial charge in [-0.05, 0) is 44.1 Å². The Hall–Kier alpha value is -2.42. The van der Waals surface area contributed by atoms with E-state index in [9.17, 15) is 0 Å². The first-order valence-corrected chi connectivity index (χ1v) is 10.2. The van der Waals surface area contributed by atoms with Crippen LogP contribution in [0.3, 0.4) is 0 Å². The van der Waals surface area contributed by atoms with Crippen molar-refractivity contribution in [2.75, 3.05) is 19.3 Å². The first-order valence-electron chi connectivity index (χ1n) is 10.2. The number of ether oxygens (including phenoxy) is 2. The van der Waals surface area contributed by atoms with Crippen LogP contribution < -0.4 is 20.2 Å². The van der Waals surface area contributed by atoms with Crippen LogP contribution >= 0.6 is 0 Å². The van der Waals surface area contributed by atoms with Gasteiger partial charge in [-0.2, -0.15) is 5.01 Å². The number of rotatable bonds is 5. The molecule has 0 amide bonds. The summed E-state index contributed by atoms with van der Waals surface area (Å²) in [7, 11) is 3.36. The lowest BCUT2D eigenvalue weighted by Gasteiger charge is -2.51. The predicted molar refractivity (Wildman–Crippen MR) is 107 cm³/mol. The summed E-state index contributed by atoms with van der Waals surface area (Å²) in [6.07, 6.45) is 11.1. The van der Waals surface area contributed by atoms with Crippen molar-refractivity contribution in [3.8, 4) is 11.5 Å². The highest BCUT2D eigenvalue weighted by Gasteiger charge is 2.58. The Morgan fingerprint density at radius 2 is 1.93 bits per heavy atom. The van der Waals surface area contributed by atoms with Gasteiger partial charge in [0.15, 0.2) is 5.72 Å². The molecule has 0 radical (unpaired) electrons.